The summed E-state index contributed by atoms with van der Waals surface area (Å²) in [5, 5.41) is 26.4. The number of halogens is 3. The Labute approximate surface area is 192 Å². The number of aromatic hydroxyl groups is 1. The highest BCUT2D eigenvalue weighted by molar-refractivity contribution is 5.85. The SMILES string of the molecule is O=C(O)c1ccc(N2CCN(Cc3cc(OC(F)(F)F)cc(-c4cccc(O)c4)c3)CC2)nn1. The van der Waals surface area contributed by atoms with E-state index in [9.17, 15) is 23.1 Å². The third-order valence-corrected chi connectivity index (χ3v) is 5.35. The number of carbonyl (C=O) groups is 1. The van der Waals surface area contributed by atoms with Crippen molar-refractivity contribution in [3.8, 4) is 22.6 Å². The quantitative estimate of drug-likeness (QED) is 0.557. The predicted octanol–water partition coefficient (Wildman–Crippen LogP) is 3.77. The number of alkyl halides is 3. The van der Waals surface area contributed by atoms with Crippen molar-refractivity contribution in [2.45, 2.75) is 12.9 Å². The number of phenolic OH excluding ortho intramolecular Hbond substituents is 1. The van der Waals surface area contributed by atoms with E-state index in [2.05, 4.69) is 19.8 Å². The van der Waals surface area contributed by atoms with E-state index in [4.69, 9.17) is 5.11 Å². The number of benzene rings is 2. The maximum Gasteiger partial charge on any atom is 0.573 e. The molecule has 1 aliphatic rings. The van der Waals surface area contributed by atoms with Crippen LogP contribution >= 0.6 is 0 Å². The lowest BCUT2D eigenvalue weighted by atomic mass is 10.0. The number of rotatable bonds is 6. The molecule has 0 unspecified atom stereocenters. The Hall–Kier alpha value is -3.86. The maximum absolute atomic E-state index is 12.9. The summed E-state index contributed by atoms with van der Waals surface area (Å²) in [6.45, 7) is 2.83. The Morgan fingerprint density at radius 1 is 0.971 bits per heavy atom. The molecule has 34 heavy (non-hydrogen) atoms. The van der Waals surface area contributed by atoms with E-state index < -0.39 is 12.3 Å². The van der Waals surface area contributed by atoms with Gasteiger partial charge >= 0.3 is 12.3 Å². The molecule has 2 aromatic carbocycles. The van der Waals surface area contributed by atoms with Crippen LogP contribution in [0.15, 0.2) is 54.6 Å². The van der Waals surface area contributed by atoms with Gasteiger partial charge in [0, 0.05) is 32.7 Å². The average Bonchev–Trinajstić information content (AvgIpc) is 2.78. The van der Waals surface area contributed by atoms with Crippen molar-refractivity contribution in [1.29, 1.82) is 0 Å². The Balaban J connectivity index is 1.48. The van der Waals surface area contributed by atoms with Crippen LogP contribution in [0.4, 0.5) is 19.0 Å². The molecule has 1 saturated heterocycles. The number of aromatic carboxylic acids is 1. The van der Waals surface area contributed by atoms with Gasteiger partial charge in [0.1, 0.15) is 11.5 Å². The van der Waals surface area contributed by atoms with Gasteiger partial charge in [0.25, 0.3) is 0 Å². The lowest BCUT2D eigenvalue weighted by Gasteiger charge is -2.35. The topological polar surface area (TPSA) is 99.0 Å². The number of ether oxygens (including phenoxy) is 1. The molecule has 2 heterocycles. The van der Waals surface area contributed by atoms with Gasteiger partial charge in [0.05, 0.1) is 0 Å². The van der Waals surface area contributed by atoms with Crippen LogP contribution < -0.4 is 9.64 Å². The van der Waals surface area contributed by atoms with Crippen LogP contribution in [0.25, 0.3) is 11.1 Å². The van der Waals surface area contributed by atoms with E-state index in [1.54, 1.807) is 24.3 Å². The molecule has 0 amide bonds. The third-order valence-electron chi connectivity index (χ3n) is 5.35. The second kappa shape index (κ2) is 9.56. The molecule has 8 nitrogen and oxygen atoms in total. The zero-order valence-corrected chi connectivity index (χ0v) is 17.9. The highest BCUT2D eigenvalue weighted by Crippen LogP contribution is 2.32. The van der Waals surface area contributed by atoms with Crippen LogP contribution in [0.3, 0.4) is 0 Å². The zero-order chi connectivity index (χ0) is 24.3. The average molecular weight is 474 g/mol. The Kier molecular flexibility index (Phi) is 6.55. The van der Waals surface area contributed by atoms with E-state index in [1.165, 1.54) is 30.3 Å². The second-order valence-corrected chi connectivity index (χ2v) is 7.81. The zero-order valence-electron chi connectivity index (χ0n) is 17.9. The molecule has 1 aliphatic heterocycles. The van der Waals surface area contributed by atoms with E-state index in [0.717, 1.165) is 0 Å². The largest absolute Gasteiger partial charge is 0.573 e. The molecule has 0 bridgehead atoms. The number of hydrogen-bond acceptors (Lipinski definition) is 7. The van der Waals surface area contributed by atoms with Gasteiger partial charge in [-0.25, -0.2) is 4.79 Å². The van der Waals surface area contributed by atoms with Crippen molar-refractivity contribution in [3.05, 3.63) is 65.9 Å². The molecule has 0 atom stereocenters. The number of nitrogens with zero attached hydrogens (tertiary/aromatic N) is 4. The first kappa shape index (κ1) is 23.3. The molecule has 0 saturated carbocycles. The normalized spacial score (nSPS) is 14.7. The van der Waals surface area contributed by atoms with Gasteiger partial charge in [-0.05, 0) is 59.2 Å². The Bertz CT molecular complexity index is 1160. The van der Waals surface area contributed by atoms with E-state index in [1.807, 2.05) is 4.90 Å². The smallest absolute Gasteiger partial charge is 0.508 e. The molecular weight excluding hydrogens is 453 g/mol. The van der Waals surface area contributed by atoms with E-state index in [-0.39, 0.29) is 17.2 Å². The van der Waals surface area contributed by atoms with Gasteiger partial charge in [-0.1, -0.05) is 12.1 Å². The second-order valence-electron chi connectivity index (χ2n) is 7.81. The summed E-state index contributed by atoms with van der Waals surface area (Å²) in [6.07, 6.45) is -4.82. The lowest BCUT2D eigenvalue weighted by Crippen LogP contribution is -2.46. The summed E-state index contributed by atoms with van der Waals surface area (Å²) in [5.74, 6) is -0.894. The third kappa shape index (κ3) is 5.93. The molecule has 3 aromatic rings. The summed E-state index contributed by atoms with van der Waals surface area (Å²) in [7, 11) is 0. The number of anilines is 1. The predicted molar refractivity (Wildman–Crippen MR) is 117 cm³/mol. The number of piperazine rings is 1. The van der Waals surface area contributed by atoms with E-state index >= 15 is 0 Å². The summed E-state index contributed by atoms with van der Waals surface area (Å²) in [5.41, 5.74) is 1.58. The van der Waals surface area contributed by atoms with Crippen molar-refractivity contribution in [1.82, 2.24) is 15.1 Å². The first-order valence-corrected chi connectivity index (χ1v) is 10.4. The van der Waals surface area contributed by atoms with E-state index in [0.29, 0.717) is 55.2 Å². The highest BCUT2D eigenvalue weighted by Gasteiger charge is 2.31. The van der Waals surface area contributed by atoms with Crippen molar-refractivity contribution < 1.29 is 32.9 Å². The van der Waals surface area contributed by atoms with Gasteiger partial charge in [-0.3, -0.25) is 4.90 Å². The summed E-state index contributed by atoms with van der Waals surface area (Å²) < 4.78 is 42.8. The Morgan fingerprint density at radius 2 is 1.74 bits per heavy atom. The molecule has 1 aromatic heterocycles. The lowest BCUT2D eigenvalue weighted by molar-refractivity contribution is -0.274. The van der Waals surface area contributed by atoms with Crippen LogP contribution in [0.1, 0.15) is 16.1 Å². The molecule has 4 rings (SSSR count). The first-order chi connectivity index (χ1) is 16.2. The monoisotopic (exact) mass is 474 g/mol. The molecular formula is C23H21F3N4O4. The fourth-order valence-electron chi connectivity index (χ4n) is 3.80. The number of carboxylic acids is 1. The van der Waals surface area contributed by atoms with Gasteiger partial charge in [-0.15, -0.1) is 23.4 Å². The van der Waals surface area contributed by atoms with Gasteiger partial charge in [0.2, 0.25) is 0 Å². The number of phenols is 1. The van der Waals surface area contributed by atoms with Crippen LogP contribution in [0.5, 0.6) is 11.5 Å². The van der Waals surface area contributed by atoms with Crippen LogP contribution in [0, 0.1) is 0 Å². The van der Waals surface area contributed by atoms with Crippen LogP contribution in [-0.4, -0.2) is 63.8 Å². The van der Waals surface area contributed by atoms with Gasteiger partial charge in [0.15, 0.2) is 11.5 Å². The minimum Gasteiger partial charge on any atom is -0.508 e. The standard InChI is InChI=1S/C23H21F3N4O4/c24-23(25,26)34-19-11-15(10-17(13-19)16-2-1-3-18(31)12-16)14-29-6-8-30(9-7-29)21-5-4-20(22(32)33)27-28-21/h1-5,10-13,31H,6-9,14H2,(H,32,33). The van der Waals surface area contributed by atoms with Crippen LogP contribution in [-0.2, 0) is 6.54 Å². The van der Waals surface area contributed by atoms with Crippen LogP contribution in [0.2, 0.25) is 0 Å². The highest BCUT2D eigenvalue weighted by atomic mass is 19.4. The summed E-state index contributed by atoms with van der Waals surface area (Å²) in [6, 6.07) is 13.7. The molecule has 0 aliphatic carbocycles. The first-order valence-electron chi connectivity index (χ1n) is 10.4. The molecule has 1 fully saturated rings. The van der Waals surface area contributed by atoms with Crippen molar-refractivity contribution in [3.63, 3.8) is 0 Å². The Morgan fingerprint density at radius 3 is 2.35 bits per heavy atom. The molecule has 178 valence electrons. The molecule has 0 radical (unpaired) electrons. The number of carboxylic acid groups (broad SMARTS) is 1. The fraction of sp³-hybridized carbons (Fsp3) is 0.261. The summed E-state index contributed by atoms with van der Waals surface area (Å²) in [4.78, 5) is 15.0. The fourth-order valence-corrected chi connectivity index (χ4v) is 3.80. The minimum absolute atomic E-state index is 0.0109. The molecule has 2 N–H and O–H groups in total. The molecule has 11 heteroatoms. The van der Waals surface area contributed by atoms with Gasteiger partial charge in [-0.2, -0.15) is 0 Å². The number of aromatic nitrogens is 2. The minimum atomic E-state index is -4.82. The summed E-state index contributed by atoms with van der Waals surface area (Å²) >= 11 is 0. The number of hydrogen-bond donors (Lipinski definition) is 2. The molecule has 0 spiro atoms. The van der Waals surface area contributed by atoms with Crippen molar-refractivity contribution in [2.75, 3.05) is 31.1 Å². The van der Waals surface area contributed by atoms with Crippen molar-refractivity contribution >= 4 is 11.8 Å². The van der Waals surface area contributed by atoms with Crippen molar-refractivity contribution in [2.24, 2.45) is 0 Å². The maximum atomic E-state index is 12.9. The van der Waals surface area contributed by atoms with Gasteiger partial charge < -0.3 is 19.8 Å².